The monoisotopic (exact) mass is 238 g/mol. The zero-order valence-electron chi connectivity index (χ0n) is 8.24. The first-order chi connectivity index (χ1) is 6.81. The number of hydrogen-bond donors (Lipinski definition) is 1. The molecule has 0 unspecified atom stereocenters. The largest absolute Gasteiger partial charge is 0.395 e. The molecule has 0 saturated heterocycles. The lowest BCUT2D eigenvalue weighted by molar-refractivity contribution is 0.214. The lowest BCUT2D eigenvalue weighted by Gasteiger charge is -2.23. The summed E-state index contributed by atoms with van der Waals surface area (Å²) in [5.74, 6) is -3.67. The van der Waals surface area contributed by atoms with Gasteiger partial charge in [-0.05, 0) is 6.07 Å². The molecule has 1 nitrogen and oxygen atoms in total. The van der Waals surface area contributed by atoms with Gasteiger partial charge in [0.05, 0.1) is 6.61 Å². The van der Waals surface area contributed by atoms with Crippen LogP contribution in [0.2, 0.25) is 5.02 Å². The van der Waals surface area contributed by atoms with Crippen molar-refractivity contribution in [2.45, 2.75) is 19.3 Å². The molecule has 0 aliphatic rings. The summed E-state index contributed by atoms with van der Waals surface area (Å²) in [7, 11) is 0. The van der Waals surface area contributed by atoms with E-state index in [0.717, 1.165) is 0 Å². The molecule has 0 bridgehead atoms. The van der Waals surface area contributed by atoms with Crippen molar-refractivity contribution in [1.29, 1.82) is 0 Å². The van der Waals surface area contributed by atoms with E-state index in [0.29, 0.717) is 6.07 Å². The maximum absolute atomic E-state index is 13.5. The third kappa shape index (κ3) is 2.11. The Hall–Kier alpha value is -0.740. The van der Waals surface area contributed by atoms with Crippen LogP contribution in [0.15, 0.2) is 6.07 Å². The van der Waals surface area contributed by atoms with Gasteiger partial charge >= 0.3 is 0 Å². The van der Waals surface area contributed by atoms with Gasteiger partial charge < -0.3 is 5.11 Å². The number of hydrogen-bond acceptors (Lipinski definition) is 1. The summed E-state index contributed by atoms with van der Waals surface area (Å²) in [4.78, 5) is 0. The minimum Gasteiger partial charge on any atom is -0.395 e. The van der Waals surface area contributed by atoms with Gasteiger partial charge in [0.1, 0.15) is 10.8 Å². The molecule has 1 N–H and O–H groups in total. The zero-order valence-corrected chi connectivity index (χ0v) is 9.00. The van der Waals surface area contributed by atoms with Crippen molar-refractivity contribution in [3.05, 3.63) is 34.1 Å². The molecule has 0 heterocycles. The molecule has 84 valence electrons. The van der Waals surface area contributed by atoms with E-state index in [-0.39, 0.29) is 5.56 Å². The molecule has 0 radical (unpaired) electrons. The topological polar surface area (TPSA) is 20.2 Å². The molecule has 0 spiro atoms. The van der Waals surface area contributed by atoms with E-state index in [4.69, 9.17) is 16.7 Å². The first kappa shape index (κ1) is 12.3. The van der Waals surface area contributed by atoms with Crippen LogP contribution in [0.25, 0.3) is 0 Å². The molecule has 0 fully saturated rings. The van der Waals surface area contributed by atoms with Crippen LogP contribution < -0.4 is 0 Å². The Morgan fingerprint density at radius 3 is 2.27 bits per heavy atom. The molecule has 0 saturated carbocycles. The van der Waals surface area contributed by atoms with Crippen LogP contribution in [0.5, 0.6) is 0 Å². The minimum absolute atomic E-state index is 0.145. The lowest BCUT2D eigenvalue weighted by Crippen LogP contribution is -2.24. The van der Waals surface area contributed by atoms with E-state index in [1.165, 1.54) is 13.8 Å². The summed E-state index contributed by atoms with van der Waals surface area (Å²) in [6, 6.07) is 0.715. The molecule has 0 aliphatic heterocycles. The van der Waals surface area contributed by atoms with E-state index in [1.807, 2.05) is 0 Å². The number of rotatable bonds is 2. The molecule has 0 atom stereocenters. The molecule has 5 heteroatoms. The van der Waals surface area contributed by atoms with Gasteiger partial charge in [0.2, 0.25) is 0 Å². The fourth-order valence-electron chi connectivity index (χ4n) is 1.15. The number of aliphatic hydroxyl groups excluding tert-OH is 1. The van der Waals surface area contributed by atoms with E-state index in [9.17, 15) is 13.2 Å². The van der Waals surface area contributed by atoms with Gasteiger partial charge in [-0.3, -0.25) is 0 Å². The van der Waals surface area contributed by atoms with Crippen molar-refractivity contribution in [1.82, 2.24) is 0 Å². The Kier molecular flexibility index (Phi) is 3.31. The molecule has 1 aromatic carbocycles. The minimum atomic E-state index is -1.41. The summed E-state index contributed by atoms with van der Waals surface area (Å²) < 4.78 is 39.3. The fraction of sp³-hybridized carbons (Fsp3) is 0.400. The van der Waals surface area contributed by atoms with Crippen molar-refractivity contribution in [3.8, 4) is 0 Å². The predicted molar refractivity (Wildman–Crippen MR) is 51.4 cm³/mol. The van der Waals surface area contributed by atoms with Crippen LogP contribution >= 0.6 is 11.6 Å². The second-order valence-electron chi connectivity index (χ2n) is 3.89. The fourth-order valence-corrected chi connectivity index (χ4v) is 1.34. The second-order valence-corrected chi connectivity index (χ2v) is 4.27. The number of halogens is 4. The summed E-state index contributed by atoms with van der Waals surface area (Å²) in [5.41, 5.74) is -1.16. The van der Waals surface area contributed by atoms with Crippen LogP contribution in [-0.4, -0.2) is 11.7 Å². The van der Waals surface area contributed by atoms with Crippen LogP contribution in [0.4, 0.5) is 13.2 Å². The Balaban J connectivity index is 3.45. The third-order valence-electron chi connectivity index (χ3n) is 2.23. The SMILES string of the molecule is CC(C)(CO)c1cc(F)c(F)c(Cl)c1F. The van der Waals surface area contributed by atoms with Gasteiger partial charge in [-0.15, -0.1) is 0 Å². The van der Waals surface area contributed by atoms with Crippen molar-refractivity contribution >= 4 is 11.6 Å². The quantitative estimate of drug-likeness (QED) is 0.620. The summed E-state index contributed by atoms with van der Waals surface area (Å²) in [6.45, 7) is 2.60. The molecule has 0 amide bonds. The van der Waals surface area contributed by atoms with E-state index < -0.39 is 34.5 Å². The van der Waals surface area contributed by atoms with Crippen LogP contribution in [0.3, 0.4) is 0 Å². The maximum Gasteiger partial charge on any atom is 0.180 e. The molecule has 0 aliphatic carbocycles. The van der Waals surface area contributed by atoms with Crippen LogP contribution in [0, 0.1) is 17.5 Å². The zero-order chi connectivity index (χ0) is 11.8. The van der Waals surface area contributed by atoms with Crippen LogP contribution in [0.1, 0.15) is 19.4 Å². The van der Waals surface area contributed by atoms with Crippen molar-refractivity contribution < 1.29 is 18.3 Å². The number of benzene rings is 1. The first-order valence-corrected chi connectivity index (χ1v) is 4.63. The summed E-state index contributed by atoms with van der Waals surface area (Å²) >= 11 is 5.28. The highest BCUT2D eigenvalue weighted by Gasteiger charge is 2.28. The average Bonchev–Trinajstić information content (AvgIpc) is 2.20. The molecule has 15 heavy (non-hydrogen) atoms. The van der Waals surface area contributed by atoms with Crippen molar-refractivity contribution in [2.75, 3.05) is 6.61 Å². The maximum atomic E-state index is 13.5. The Morgan fingerprint density at radius 1 is 1.27 bits per heavy atom. The average molecular weight is 239 g/mol. The molecular weight excluding hydrogens is 229 g/mol. The Morgan fingerprint density at radius 2 is 1.80 bits per heavy atom. The molecule has 1 rings (SSSR count). The van der Waals surface area contributed by atoms with Gasteiger partial charge in [0.25, 0.3) is 0 Å². The summed E-state index contributed by atoms with van der Waals surface area (Å²) in [5, 5.41) is 8.11. The van der Waals surface area contributed by atoms with Crippen LogP contribution in [-0.2, 0) is 5.41 Å². The highest BCUT2D eigenvalue weighted by molar-refractivity contribution is 6.31. The van der Waals surface area contributed by atoms with Crippen molar-refractivity contribution in [2.24, 2.45) is 0 Å². The lowest BCUT2D eigenvalue weighted by atomic mass is 9.85. The molecule has 1 aromatic rings. The Bertz CT molecular complexity index is 391. The third-order valence-corrected chi connectivity index (χ3v) is 2.56. The van der Waals surface area contributed by atoms with Gasteiger partial charge in [-0.1, -0.05) is 25.4 Å². The second kappa shape index (κ2) is 4.02. The highest BCUT2D eigenvalue weighted by atomic mass is 35.5. The first-order valence-electron chi connectivity index (χ1n) is 4.25. The van der Waals surface area contributed by atoms with Gasteiger partial charge in [-0.25, -0.2) is 13.2 Å². The van der Waals surface area contributed by atoms with E-state index in [2.05, 4.69) is 0 Å². The van der Waals surface area contributed by atoms with Gasteiger partial charge in [0, 0.05) is 11.0 Å². The standard InChI is InChI=1S/C10H10ClF3O/c1-10(2,4-15)5-3-6(12)9(14)7(11)8(5)13/h3,15H,4H2,1-2H3. The Labute approximate surface area is 90.5 Å². The molecule has 0 aromatic heterocycles. The highest BCUT2D eigenvalue weighted by Crippen LogP contribution is 2.32. The smallest absolute Gasteiger partial charge is 0.180 e. The van der Waals surface area contributed by atoms with Gasteiger partial charge in [0.15, 0.2) is 11.6 Å². The van der Waals surface area contributed by atoms with Gasteiger partial charge in [-0.2, -0.15) is 0 Å². The predicted octanol–water partition coefficient (Wildman–Crippen LogP) is 3.03. The summed E-state index contributed by atoms with van der Waals surface area (Å²) in [6.07, 6.45) is 0. The molecular formula is C10H10ClF3O. The van der Waals surface area contributed by atoms with E-state index in [1.54, 1.807) is 0 Å². The number of aliphatic hydroxyl groups is 1. The normalized spacial score (nSPS) is 11.9. The van der Waals surface area contributed by atoms with Crippen molar-refractivity contribution in [3.63, 3.8) is 0 Å². The van der Waals surface area contributed by atoms with E-state index >= 15 is 0 Å².